The van der Waals surface area contributed by atoms with E-state index < -0.39 is 29.9 Å². The molecule has 0 aliphatic heterocycles. The van der Waals surface area contributed by atoms with Crippen molar-refractivity contribution in [2.24, 2.45) is 5.73 Å². The van der Waals surface area contributed by atoms with Gasteiger partial charge in [-0.25, -0.2) is 4.79 Å². The zero-order valence-corrected chi connectivity index (χ0v) is 11.8. The molecular weight excluding hydrogens is 284 g/mol. The number of nitrogens with two attached hydrogens (primary N) is 1. The number of carbonyl (C=O) groups excluding carboxylic acids is 3. The van der Waals surface area contributed by atoms with Gasteiger partial charge in [0.1, 0.15) is 6.04 Å². The molecule has 0 aliphatic rings. The Bertz CT molecular complexity index is 533. The Morgan fingerprint density at radius 2 is 1.85 bits per heavy atom. The van der Waals surface area contributed by atoms with Gasteiger partial charge in [-0.3, -0.25) is 9.59 Å². The smallest absolute Gasteiger partial charge is 0.329 e. The van der Waals surface area contributed by atoms with Crippen LogP contribution in [0.2, 0.25) is 5.02 Å². The second kappa shape index (κ2) is 6.91. The van der Waals surface area contributed by atoms with Crippen LogP contribution in [0.25, 0.3) is 0 Å². The van der Waals surface area contributed by atoms with E-state index in [9.17, 15) is 14.4 Å². The Balaban J connectivity index is 2.64. The minimum atomic E-state index is -1.05. The summed E-state index contributed by atoms with van der Waals surface area (Å²) >= 11 is 5.87. The van der Waals surface area contributed by atoms with E-state index in [1.807, 2.05) is 0 Å². The van der Waals surface area contributed by atoms with E-state index in [2.05, 4.69) is 5.32 Å². The first-order valence-corrected chi connectivity index (χ1v) is 6.26. The molecule has 1 rings (SSSR count). The van der Waals surface area contributed by atoms with E-state index >= 15 is 0 Å². The van der Waals surface area contributed by atoms with Gasteiger partial charge in [0.15, 0.2) is 6.10 Å². The lowest BCUT2D eigenvalue weighted by atomic mass is 10.2. The van der Waals surface area contributed by atoms with Gasteiger partial charge in [0.2, 0.25) is 0 Å². The highest BCUT2D eigenvalue weighted by Crippen LogP contribution is 2.14. The third-order valence-corrected chi connectivity index (χ3v) is 2.84. The molecule has 0 fully saturated rings. The highest BCUT2D eigenvalue weighted by Gasteiger charge is 2.22. The SMILES string of the molecule is CC(OC(=O)[C@@H](C)NC(=O)c1ccccc1Cl)C(N)=O. The molecule has 0 radical (unpaired) electrons. The summed E-state index contributed by atoms with van der Waals surface area (Å²) in [6, 6.07) is 5.50. The summed E-state index contributed by atoms with van der Waals surface area (Å²) in [4.78, 5) is 34.3. The zero-order valence-electron chi connectivity index (χ0n) is 11.1. The molecule has 1 unspecified atom stereocenters. The molecule has 20 heavy (non-hydrogen) atoms. The molecule has 2 amide bonds. The lowest BCUT2D eigenvalue weighted by Crippen LogP contribution is -2.42. The number of nitrogens with one attached hydrogen (secondary N) is 1. The van der Waals surface area contributed by atoms with Crippen molar-refractivity contribution in [3.05, 3.63) is 34.9 Å². The molecule has 6 nitrogen and oxygen atoms in total. The van der Waals surface area contributed by atoms with Crippen molar-refractivity contribution in [3.8, 4) is 0 Å². The van der Waals surface area contributed by atoms with E-state index in [1.165, 1.54) is 19.9 Å². The van der Waals surface area contributed by atoms with Crippen molar-refractivity contribution in [2.75, 3.05) is 0 Å². The first-order valence-electron chi connectivity index (χ1n) is 5.88. The fraction of sp³-hybridized carbons (Fsp3) is 0.308. The predicted molar refractivity (Wildman–Crippen MR) is 73.1 cm³/mol. The van der Waals surface area contributed by atoms with E-state index in [1.54, 1.807) is 18.2 Å². The van der Waals surface area contributed by atoms with Crippen molar-refractivity contribution in [3.63, 3.8) is 0 Å². The number of hydrogen-bond donors (Lipinski definition) is 2. The van der Waals surface area contributed by atoms with Crippen LogP contribution in [-0.2, 0) is 14.3 Å². The van der Waals surface area contributed by atoms with Crippen LogP contribution in [0.15, 0.2) is 24.3 Å². The van der Waals surface area contributed by atoms with Crippen molar-refractivity contribution in [1.29, 1.82) is 0 Å². The molecule has 7 heteroatoms. The fourth-order valence-corrected chi connectivity index (χ4v) is 1.53. The average Bonchev–Trinajstić information content (AvgIpc) is 2.38. The fourth-order valence-electron chi connectivity index (χ4n) is 1.31. The highest BCUT2D eigenvalue weighted by molar-refractivity contribution is 6.33. The van der Waals surface area contributed by atoms with Crippen LogP contribution in [0, 0.1) is 0 Å². The van der Waals surface area contributed by atoms with Crippen molar-refractivity contribution < 1.29 is 19.1 Å². The Kier molecular flexibility index (Phi) is 5.52. The molecule has 0 saturated heterocycles. The van der Waals surface area contributed by atoms with Gasteiger partial charge in [-0.1, -0.05) is 23.7 Å². The molecule has 0 aliphatic carbocycles. The highest BCUT2D eigenvalue weighted by atomic mass is 35.5. The van der Waals surface area contributed by atoms with Gasteiger partial charge in [0.25, 0.3) is 11.8 Å². The van der Waals surface area contributed by atoms with Gasteiger partial charge in [-0.15, -0.1) is 0 Å². The molecule has 0 aromatic heterocycles. The maximum atomic E-state index is 11.9. The molecule has 108 valence electrons. The first-order chi connectivity index (χ1) is 9.32. The maximum Gasteiger partial charge on any atom is 0.329 e. The number of carbonyl (C=O) groups is 3. The van der Waals surface area contributed by atoms with E-state index in [4.69, 9.17) is 22.1 Å². The number of hydrogen-bond acceptors (Lipinski definition) is 4. The van der Waals surface area contributed by atoms with E-state index in [0.717, 1.165) is 0 Å². The number of rotatable bonds is 5. The van der Waals surface area contributed by atoms with Gasteiger partial charge in [0, 0.05) is 0 Å². The first kappa shape index (κ1) is 16.0. The normalized spacial score (nSPS) is 13.2. The zero-order chi connectivity index (χ0) is 15.3. The summed E-state index contributed by atoms with van der Waals surface area (Å²) in [5, 5.41) is 2.71. The van der Waals surface area contributed by atoms with Gasteiger partial charge >= 0.3 is 5.97 Å². The summed E-state index contributed by atoms with van der Waals surface area (Å²) in [5.74, 6) is -2.02. The number of amides is 2. The topological polar surface area (TPSA) is 98.5 Å². The van der Waals surface area contributed by atoms with Crippen LogP contribution in [0.4, 0.5) is 0 Å². The maximum absolute atomic E-state index is 11.9. The molecule has 0 bridgehead atoms. The number of ether oxygens (including phenoxy) is 1. The Labute approximate surface area is 121 Å². The lowest BCUT2D eigenvalue weighted by Gasteiger charge is -2.16. The Hall–Kier alpha value is -2.08. The van der Waals surface area contributed by atoms with Crippen LogP contribution >= 0.6 is 11.6 Å². The van der Waals surface area contributed by atoms with Crippen LogP contribution in [0.1, 0.15) is 24.2 Å². The number of esters is 1. The lowest BCUT2D eigenvalue weighted by molar-refractivity contribution is -0.155. The van der Waals surface area contributed by atoms with Crippen LogP contribution in [0.5, 0.6) is 0 Å². The summed E-state index contributed by atoms with van der Waals surface area (Å²) in [7, 11) is 0. The molecule has 0 saturated carbocycles. The standard InChI is InChI=1S/C13H15ClN2O4/c1-7(13(19)20-8(2)11(15)17)16-12(18)9-5-3-4-6-10(9)14/h3-8H,1-2H3,(H2,15,17)(H,16,18)/t7-,8?/m1/s1. The van der Waals surface area contributed by atoms with Crippen LogP contribution < -0.4 is 11.1 Å². The summed E-state index contributed by atoms with van der Waals surface area (Å²) in [6.07, 6.45) is -1.05. The number of halogens is 1. The van der Waals surface area contributed by atoms with Gasteiger partial charge < -0.3 is 15.8 Å². The van der Waals surface area contributed by atoms with E-state index in [0.29, 0.717) is 0 Å². The summed E-state index contributed by atoms with van der Waals surface area (Å²) in [6.45, 7) is 2.79. The molecule has 0 spiro atoms. The Morgan fingerprint density at radius 1 is 1.25 bits per heavy atom. The molecule has 3 N–H and O–H groups in total. The van der Waals surface area contributed by atoms with Gasteiger partial charge in [-0.2, -0.15) is 0 Å². The van der Waals surface area contributed by atoms with Crippen LogP contribution in [0.3, 0.4) is 0 Å². The quantitative estimate of drug-likeness (QED) is 0.788. The van der Waals surface area contributed by atoms with Crippen molar-refractivity contribution in [2.45, 2.75) is 26.0 Å². The minimum Gasteiger partial charge on any atom is -0.451 e. The third-order valence-electron chi connectivity index (χ3n) is 2.51. The summed E-state index contributed by atoms with van der Waals surface area (Å²) in [5.41, 5.74) is 5.22. The second-order valence-electron chi connectivity index (χ2n) is 4.16. The van der Waals surface area contributed by atoms with Crippen molar-refractivity contribution >= 4 is 29.4 Å². The van der Waals surface area contributed by atoms with Gasteiger partial charge in [0.05, 0.1) is 10.6 Å². The molecule has 2 atom stereocenters. The third kappa shape index (κ3) is 4.24. The molecule has 1 aromatic rings. The number of primary amides is 1. The molecular formula is C13H15ClN2O4. The van der Waals surface area contributed by atoms with E-state index in [-0.39, 0.29) is 10.6 Å². The average molecular weight is 299 g/mol. The second-order valence-corrected chi connectivity index (χ2v) is 4.56. The Morgan fingerprint density at radius 3 is 2.40 bits per heavy atom. The largest absolute Gasteiger partial charge is 0.451 e. The minimum absolute atomic E-state index is 0.247. The van der Waals surface area contributed by atoms with Crippen LogP contribution in [-0.4, -0.2) is 29.9 Å². The predicted octanol–water partition coefficient (Wildman–Crippen LogP) is 0.875. The number of benzene rings is 1. The summed E-state index contributed by atoms with van der Waals surface area (Å²) < 4.78 is 4.78. The monoisotopic (exact) mass is 298 g/mol. The van der Waals surface area contributed by atoms with Gasteiger partial charge in [-0.05, 0) is 26.0 Å². The molecule has 1 aromatic carbocycles. The molecule has 0 heterocycles. The van der Waals surface area contributed by atoms with Crippen molar-refractivity contribution in [1.82, 2.24) is 5.32 Å².